The fourth-order valence-electron chi connectivity index (χ4n) is 5.25. The molecule has 2 aromatic carbocycles. The Morgan fingerprint density at radius 1 is 1.12 bits per heavy atom. The minimum atomic E-state index is 0.134. The van der Waals surface area contributed by atoms with Gasteiger partial charge in [-0.2, -0.15) is 0 Å². The first-order valence-electron chi connectivity index (χ1n) is 11.7. The predicted octanol–water partition coefficient (Wildman–Crippen LogP) is 5.73. The van der Waals surface area contributed by atoms with Crippen molar-refractivity contribution in [3.8, 4) is 5.75 Å². The van der Waals surface area contributed by atoms with Crippen LogP contribution in [0.5, 0.6) is 5.75 Å². The van der Waals surface area contributed by atoms with Crippen LogP contribution in [0.4, 0.5) is 0 Å². The van der Waals surface area contributed by atoms with E-state index in [1.807, 2.05) is 37.3 Å². The average Bonchev–Trinajstić information content (AvgIpc) is 3.37. The molecule has 5 nitrogen and oxygen atoms in total. The topological polar surface area (TPSA) is 47.4 Å². The van der Waals surface area contributed by atoms with Gasteiger partial charge in [0.1, 0.15) is 18.2 Å². The normalized spacial score (nSPS) is 19.8. The minimum Gasteiger partial charge on any atom is -0.492 e. The number of rotatable bonds is 6. The van der Waals surface area contributed by atoms with Gasteiger partial charge in [0.05, 0.1) is 17.6 Å². The van der Waals surface area contributed by atoms with E-state index in [9.17, 15) is 4.79 Å². The molecule has 1 atom stereocenters. The third kappa shape index (κ3) is 4.23. The van der Waals surface area contributed by atoms with E-state index in [1.54, 1.807) is 0 Å². The maximum Gasteiger partial charge on any atom is 0.223 e. The lowest BCUT2D eigenvalue weighted by molar-refractivity contribution is -0.130. The summed E-state index contributed by atoms with van der Waals surface area (Å²) in [6.07, 6.45) is 6.60. The number of ether oxygens (including phenoxy) is 1. The van der Waals surface area contributed by atoms with Gasteiger partial charge < -0.3 is 14.2 Å². The summed E-state index contributed by atoms with van der Waals surface area (Å²) in [4.78, 5) is 20.0. The molecule has 1 saturated carbocycles. The molecule has 1 saturated heterocycles. The van der Waals surface area contributed by atoms with Gasteiger partial charge in [0.2, 0.25) is 5.91 Å². The average molecular weight is 452 g/mol. The van der Waals surface area contributed by atoms with Crippen LogP contribution in [0.3, 0.4) is 0 Å². The molecule has 168 valence electrons. The third-order valence-corrected chi connectivity index (χ3v) is 7.36. The van der Waals surface area contributed by atoms with E-state index in [4.69, 9.17) is 21.3 Å². The number of carbonyl (C=O) groups excluding carboxylic acids is 1. The summed E-state index contributed by atoms with van der Waals surface area (Å²) in [5, 5.41) is 0.744. The van der Waals surface area contributed by atoms with Gasteiger partial charge in [0, 0.05) is 29.9 Å². The molecule has 1 aliphatic heterocycles. The maximum absolute atomic E-state index is 12.9. The molecule has 6 heteroatoms. The molecule has 1 aromatic heterocycles. The molecule has 2 aliphatic rings. The molecule has 5 rings (SSSR count). The van der Waals surface area contributed by atoms with Crippen molar-refractivity contribution in [2.75, 3.05) is 13.2 Å². The molecule has 32 heavy (non-hydrogen) atoms. The largest absolute Gasteiger partial charge is 0.492 e. The number of aromatic nitrogens is 2. The van der Waals surface area contributed by atoms with Crippen LogP contribution < -0.4 is 4.74 Å². The molecular weight excluding hydrogens is 422 g/mol. The lowest BCUT2D eigenvalue weighted by atomic mass is 9.94. The summed E-state index contributed by atoms with van der Waals surface area (Å²) in [5.74, 6) is 2.24. The second kappa shape index (κ2) is 9.14. The summed E-state index contributed by atoms with van der Waals surface area (Å²) < 4.78 is 8.28. The Morgan fingerprint density at radius 2 is 1.94 bits per heavy atom. The zero-order valence-electron chi connectivity index (χ0n) is 18.6. The van der Waals surface area contributed by atoms with Crippen molar-refractivity contribution < 1.29 is 9.53 Å². The Hall–Kier alpha value is -2.53. The Morgan fingerprint density at radius 3 is 2.75 bits per heavy atom. The van der Waals surface area contributed by atoms with E-state index in [0.29, 0.717) is 25.6 Å². The SMILES string of the molecule is Cc1cc(OCCn2c(C3CC(=O)N(C4CCCCC4)C3)nc3ccccc32)ccc1Cl. The van der Waals surface area contributed by atoms with E-state index in [0.717, 1.165) is 52.6 Å². The first kappa shape index (κ1) is 21.3. The number of nitrogens with zero attached hydrogens (tertiary/aromatic N) is 3. The molecule has 1 amide bonds. The lowest BCUT2D eigenvalue weighted by Crippen LogP contribution is -2.37. The summed E-state index contributed by atoms with van der Waals surface area (Å²) in [6.45, 7) is 3.98. The highest BCUT2D eigenvalue weighted by atomic mass is 35.5. The standard InChI is InChI=1S/C26H30ClN3O2/c1-18-15-21(11-12-22(18)27)32-14-13-29-24-10-6-5-9-23(24)28-26(29)19-16-25(31)30(17-19)20-7-3-2-4-8-20/h5-6,9-12,15,19-20H,2-4,7-8,13-14,16-17H2,1H3. The lowest BCUT2D eigenvalue weighted by Gasteiger charge is -2.31. The molecule has 0 bridgehead atoms. The number of halogens is 1. The van der Waals surface area contributed by atoms with E-state index in [-0.39, 0.29) is 11.8 Å². The minimum absolute atomic E-state index is 0.134. The molecule has 2 fully saturated rings. The van der Waals surface area contributed by atoms with Gasteiger partial charge in [-0.3, -0.25) is 4.79 Å². The van der Waals surface area contributed by atoms with Crippen molar-refractivity contribution in [2.24, 2.45) is 0 Å². The van der Waals surface area contributed by atoms with Gasteiger partial charge >= 0.3 is 0 Å². The number of likely N-dealkylation sites (tertiary alicyclic amines) is 1. The number of aryl methyl sites for hydroxylation is 1. The monoisotopic (exact) mass is 451 g/mol. The van der Waals surface area contributed by atoms with Crippen LogP contribution in [0.2, 0.25) is 5.02 Å². The Balaban J connectivity index is 1.36. The fourth-order valence-corrected chi connectivity index (χ4v) is 5.37. The van der Waals surface area contributed by atoms with Crippen LogP contribution in [0.1, 0.15) is 55.8 Å². The highest BCUT2D eigenvalue weighted by molar-refractivity contribution is 6.31. The summed E-state index contributed by atoms with van der Waals surface area (Å²) >= 11 is 6.13. The fraction of sp³-hybridized carbons (Fsp3) is 0.462. The van der Waals surface area contributed by atoms with Crippen LogP contribution in [-0.2, 0) is 11.3 Å². The zero-order valence-corrected chi connectivity index (χ0v) is 19.4. The first-order valence-corrected chi connectivity index (χ1v) is 12.1. The van der Waals surface area contributed by atoms with Crippen molar-refractivity contribution >= 4 is 28.5 Å². The van der Waals surface area contributed by atoms with E-state index in [1.165, 1.54) is 19.3 Å². The quantitative estimate of drug-likeness (QED) is 0.481. The molecular formula is C26H30ClN3O2. The molecule has 1 unspecified atom stereocenters. The van der Waals surface area contributed by atoms with Crippen LogP contribution in [0, 0.1) is 6.92 Å². The Bertz CT molecular complexity index is 1120. The van der Waals surface area contributed by atoms with Crippen molar-refractivity contribution in [3.63, 3.8) is 0 Å². The number of imidazole rings is 1. The van der Waals surface area contributed by atoms with Crippen LogP contribution in [0.15, 0.2) is 42.5 Å². The van der Waals surface area contributed by atoms with Gasteiger partial charge in [-0.1, -0.05) is 43.0 Å². The molecule has 0 spiro atoms. The zero-order chi connectivity index (χ0) is 22.1. The number of fused-ring (bicyclic) bond motifs is 1. The Kier molecular flexibility index (Phi) is 6.09. The molecule has 3 aromatic rings. The van der Waals surface area contributed by atoms with Gasteiger partial charge in [0.25, 0.3) is 0 Å². The highest BCUT2D eigenvalue weighted by Crippen LogP contribution is 2.34. The summed E-state index contributed by atoms with van der Waals surface area (Å²) in [5.41, 5.74) is 3.08. The van der Waals surface area contributed by atoms with Gasteiger partial charge in [-0.05, 0) is 55.7 Å². The number of amides is 1. The van der Waals surface area contributed by atoms with Crippen LogP contribution >= 0.6 is 11.6 Å². The Labute approximate surface area is 194 Å². The van der Waals surface area contributed by atoms with Crippen LogP contribution in [-0.4, -0.2) is 39.6 Å². The maximum atomic E-state index is 12.9. The van der Waals surface area contributed by atoms with Gasteiger partial charge in [-0.15, -0.1) is 0 Å². The molecule has 0 N–H and O–H groups in total. The molecule has 2 heterocycles. The van der Waals surface area contributed by atoms with E-state index < -0.39 is 0 Å². The third-order valence-electron chi connectivity index (χ3n) is 6.94. The highest BCUT2D eigenvalue weighted by Gasteiger charge is 2.37. The number of hydrogen-bond donors (Lipinski definition) is 0. The van der Waals surface area contributed by atoms with E-state index in [2.05, 4.69) is 21.6 Å². The van der Waals surface area contributed by atoms with Crippen molar-refractivity contribution in [2.45, 2.75) is 64.0 Å². The van der Waals surface area contributed by atoms with E-state index >= 15 is 0 Å². The number of hydrogen-bond acceptors (Lipinski definition) is 3. The smallest absolute Gasteiger partial charge is 0.223 e. The predicted molar refractivity (Wildman–Crippen MR) is 127 cm³/mol. The van der Waals surface area contributed by atoms with Gasteiger partial charge in [-0.25, -0.2) is 4.98 Å². The van der Waals surface area contributed by atoms with Crippen molar-refractivity contribution in [1.82, 2.24) is 14.5 Å². The molecule has 1 aliphatic carbocycles. The van der Waals surface area contributed by atoms with Crippen LogP contribution in [0.25, 0.3) is 11.0 Å². The second-order valence-corrected chi connectivity index (χ2v) is 9.52. The van der Waals surface area contributed by atoms with Gasteiger partial charge in [0.15, 0.2) is 0 Å². The van der Waals surface area contributed by atoms with Crippen molar-refractivity contribution in [1.29, 1.82) is 0 Å². The molecule has 0 radical (unpaired) electrons. The second-order valence-electron chi connectivity index (χ2n) is 9.11. The number of para-hydroxylation sites is 2. The summed E-state index contributed by atoms with van der Waals surface area (Å²) in [7, 11) is 0. The summed E-state index contributed by atoms with van der Waals surface area (Å²) in [6, 6.07) is 14.4. The first-order chi connectivity index (χ1) is 15.6. The number of carbonyl (C=O) groups is 1. The van der Waals surface area contributed by atoms with Crippen molar-refractivity contribution in [3.05, 3.63) is 58.9 Å². The number of benzene rings is 2.